The van der Waals surface area contributed by atoms with Gasteiger partial charge in [0.2, 0.25) is 15.9 Å². The first kappa shape index (κ1) is 16.4. The standard InChI is InChI=1S/C16H21FN2O3S/c1-12-11-14(17)5-6-15(12)23(21,22)19-9-7-18(8-10-19)16(20)13-3-2-4-13/h5-6,11,13H,2-4,7-10H2,1H3. The second-order valence-electron chi connectivity index (χ2n) is 6.27. The van der Waals surface area contributed by atoms with E-state index in [1.54, 1.807) is 11.8 Å². The van der Waals surface area contributed by atoms with Crippen LogP contribution in [0.4, 0.5) is 4.39 Å². The molecule has 3 rings (SSSR count). The molecule has 0 aromatic heterocycles. The number of hydrogen-bond donors (Lipinski definition) is 0. The van der Waals surface area contributed by atoms with Gasteiger partial charge in [-0.3, -0.25) is 4.79 Å². The summed E-state index contributed by atoms with van der Waals surface area (Å²) in [7, 11) is -3.64. The summed E-state index contributed by atoms with van der Waals surface area (Å²) in [5.41, 5.74) is 0.401. The molecule has 0 radical (unpaired) electrons. The smallest absolute Gasteiger partial charge is 0.243 e. The minimum atomic E-state index is -3.64. The van der Waals surface area contributed by atoms with E-state index in [2.05, 4.69) is 0 Å². The lowest BCUT2D eigenvalue weighted by Crippen LogP contribution is -2.52. The van der Waals surface area contributed by atoms with Crippen LogP contribution in [-0.2, 0) is 14.8 Å². The van der Waals surface area contributed by atoms with E-state index in [4.69, 9.17) is 0 Å². The van der Waals surface area contributed by atoms with Gasteiger partial charge in [0.05, 0.1) is 4.90 Å². The van der Waals surface area contributed by atoms with E-state index in [-0.39, 0.29) is 29.8 Å². The summed E-state index contributed by atoms with van der Waals surface area (Å²) < 4.78 is 40.0. The molecule has 23 heavy (non-hydrogen) atoms. The van der Waals surface area contributed by atoms with E-state index in [9.17, 15) is 17.6 Å². The fraction of sp³-hybridized carbons (Fsp3) is 0.562. The van der Waals surface area contributed by atoms with Crippen LogP contribution in [0.2, 0.25) is 0 Å². The maximum absolute atomic E-state index is 13.2. The monoisotopic (exact) mass is 340 g/mol. The van der Waals surface area contributed by atoms with Gasteiger partial charge in [-0.1, -0.05) is 6.42 Å². The molecule has 0 bridgehead atoms. The largest absolute Gasteiger partial charge is 0.340 e. The average molecular weight is 340 g/mol. The van der Waals surface area contributed by atoms with Crippen LogP contribution in [-0.4, -0.2) is 49.7 Å². The van der Waals surface area contributed by atoms with E-state index >= 15 is 0 Å². The van der Waals surface area contributed by atoms with Crippen molar-refractivity contribution < 1.29 is 17.6 Å². The fourth-order valence-corrected chi connectivity index (χ4v) is 4.73. The maximum atomic E-state index is 13.2. The molecule has 2 aliphatic rings. The molecule has 1 aromatic rings. The Hall–Kier alpha value is -1.47. The molecule has 1 aliphatic carbocycles. The lowest BCUT2D eigenvalue weighted by Gasteiger charge is -2.37. The predicted molar refractivity (Wildman–Crippen MR) is 83.8 cm³/mol. The van der Waals surface area contributed by atoms with E-state index in [1.165, 1.54) is 16.4 Å². The molecular weight excluding hydrogens is 319 g/mol. The third kappa shape index (κ3) is 3.12. The highest BCUT2D eigenvalue weighted by atomic mass is 32.2. The van der Waals surface area contributed by atoms with Gasteiger partial charge in [-0.25, -0.2) is 12.8 Å². The summed E-state index contributed by atoms with van der Waals surface area (Å²) in [4.78, 5) is 14.1. The Kier molecular flexibility index (Phi) is 4.42. The number of rotatable bonds is 3. The van der Waals surface area contributed by atoms with E-state index in [0.29, 0.717) is 18.7 Å². The average Bonchev–Trinajstić information content (AvgIpc) is 2.45. The van der Waals surface area contributed by atoms with Crippen molar-refractivity contribution >= 4 is 15.9 Å². The lowest BCUT2D eigenvalue weighted by atomic mass is 9.84. The number of halogens is 1. The van der Waals surface area contributed by atoms with E-state index in [0.717, 1.165) is 25.3 Å². The van der Waals surface area contributed by atoms with Crippen molar-refractivity contribution in [3.05, 3.63) is 29.6 Å². The minimum absolute atomic E-state index is 0.137. The number of hydrogen-bond acceptors (Lipinski definition) is 3. The maximum Gasteiger partial charge on any atom is 0.243 e. The molecule has 1 aliphatic heterocycles. The molecule has 1 amide bonds. The fourth-order valence-electron chi connectivity index (χ4n) is 3.10. The molecule has 1 saturated heterocycles. The van der Waals surface area contributed by atoms with Crippen LogP contribution in [0.15, 0.2) is 23.1 Å². The highest BCUT2D eigenvalue weighted by Gasteiger charge is 2.34. The zero-order valence-electron chi connectivity index (χ0n) is 13.2. The van der Waals surface area contributed by atoms with E-state index < -0.39 is 15.8 Å². The quantitative estimate of drug-likeness (QED) is 0.843. The second-order valence-corrected chi connectivity index (χ2v) is 8.17. The Bertz CT molecular complexity index is 708. The number of piperazine rings is 1. The SMILES string of the molecule is Cc1cc(F)ccc1S(=O)(=O)N1CCN(C(=O)C2CCC2)CC1. The summed E-state index contributed by atoms with van der Waals surface area (Å²) >= 11 is 0. The first-order valence-corrected chi connectivity index (χ1v) is 9.38. The zero-order valence-corrected chi connectivity index (χ0v) is 14.0. The first-order chi connectivity index (χ1) is 10.9. The van der Waals surface area contributed by atoms with Crippen LogP contribution in [0.3, 0.4) is 0 Å². The summed E-state index contributed by atoms with van der Waals surface area (Å²) in [6.07, 6.45) is 3.01. The van der Waals surface area contributed by atoms with Gasteiger partial charge in [0.15, 0.2) is 0 Å². The highest BCUT2D eigenvalue weighted by molar-refractivity contribution is 7.89. The van der Waals surface area contributed by atoms with Crippen molar-refractivity contribution in [2.45, 2.75) is 31.1 Å². The normalized spacial score (nSPS) is 20.3. The molecule has 1 saturated carbocycles. The Morgan fingerprint density at radius 2 is 1.83 bits per heavy atom. The zero-order chi connectivity index (χ0) is 16.6. The molecular formula is C16H21FN2O3S. The second kappa shape index (κ2) is 6.20. The first-order valence-electron chi connectivity index (χ1n) is 7.94. The van der Waals surface area contributed by atoms with Gasteiger partial charge in [-0.2, -0.15) is 4.31 Å². The molecule has 0 unspecified atom stereocenters. The van der Waals surface area contributed by atoms with Crippen LogP contribution < -0.4 is 0 Å². The molecule has 0 N–H and O–H groups in total. The van der Waals surface area contributed by atoms with Crippen LogP contribution in [0, 0.1) is 18.7 Å². The van der Waals surface area contributed by atoms with Crippen LogP contribution in [0.5, 0.6) is 0 Å². The third-order valence-electron chi connectivity index (χ3n) is 4.76. The molecule has 0 spiro atoms. The van der Waals surface area contributed by atoms with Gasteiger partial charge >= 0.3 is 0 Å². The highest BCUT2D eigenvalue weighted by Crippen LogP contribution is 2.29. The van der Waals surface area contributed by atoms with Gasteiger partial charge in [0, 0.05) is 32.1 Å². The van der Waals surface area contributed by atoms with Crippen molar-refractivity contribution in [3.63, 3.8) is 0 Å². The number of nitrogens with zero attached hydrogens (tertiary/aromatic N) is 2. The Labute approximate surface area is 136 Å². The van der Waals surface area contributed by atoms with Gasteiger partial charge < -0.3 is 4.90 Å². The molecule has 0 atom stereocenters. The Balaban J connectivity index is 1.69. The van der Waals surface area contributed by atoms with Crippen molar-refractivity contribution in [2.75, 3.05) is 26.2 Å². The van der Waals surface area contributed by atoms with Crippen molar-refractivity contribution in [2.24, 2.45) is 5.92 Å². The Morgan fingerprint density at radius 3 is 2.35 bits per heavy atom. The summed E-state index contributed by atoms with van der Waals surface area (Å²) in [5, 5.41) is 0. The lowest BCUT2D eigenvalue weighted by molar-refractivity contribution is -0.139. The molecule has 1 aromatic carbocycles. The summed E-state index contributed by atoms with van der Waals surface area (Å²) in [6, 6.07) is 3.70. The van der Waals surface area contributed by atoms with Gasteiger partial charge in [0.25, 0.3) is 0 Å². The van der Waals surface area contributed by atoms with E-state index in [1.807, 2.05) is 0 Å². The molecule has 1 heterocycles. The van der Waals surface area contributed by atoms with Crippen LogP contribution in [0.1, 0.15) is 24.8 Å². The minimum Gasteiger partial charge on any atom is -0.340 e. The number of amides is 1. The number of benzene rings is 1. The van der Waals surface area contributed by atoms with Gasteiger partial charge in [-0.15, -0.1) is 0 Å². The van der Waals surface area contributed by atoms with Crippen LogP contribution >= 0.6 is 0 Å². The third-order valence-corrected chi connectivity index (χ3v) is 6.82. The topological polar surface area (TPSA) is 57.7 Å². The molecule has 7 heteroatoms. The van der Waals surface area contributed by atoms with Crippen molar-refractivity contribution in [1.29, 1.82) is 0 Å². The molecule has 126 valence electrons. The number of aryl methyl sites for hydroxylation is 1. The number of carbonyl (C=O) groups is 1. The van der Waals surface area contributed by atoms with Crippen molar-refractivity contribution in [3.8, 4) is 0 Å². The molecule has 5 nitrogen and oxygen atoms in total. The number of carbonyl (C=O) groups excluding carboxylic acids is 1. The van der Waals surface area contributed by atoms with Gasteiger partial charge in [0.1, 0.15) is 5.82 Å². The van der Waals surface area contributed by atoms with Crippen LogP contribution in [0.25, 0.3) is 0 Å². The number of sulfonamides is 1. The van der Waals surface area contributed by atoms with Crippen molar-refractivity contribution in [1.82, 2.24) is 9.21 Å². The summed E-state index contributed by atoms with van der Waals surface area (Å²) in [5.74, 6) is -0.152. The predicted octanol–water partition coefficient (Wildman–Crippen LogP) is 1.77. The molecule has 2 fully saturated rings. The summed E-state index contributed by atoms with van der Waals surface area (Å²) in [6.45, 7) is 3.02. The van der Waals surface area contributed by atoms with Gasteiger partial charge in [-0.05, 0) is 43.5 Å². The Morgan fingerprint density at radius 1 is 1.17 bits per heavy atom.